The van der Waals surface area contributed by atoms with Crippen LogP contribution in [0.25, 0.3) is 11.1 Å². The third-order valence-electron chi connectivity index (χ3n) is 2.99. The fourth-order valence-electron chi connectivity index (χ4n) is 1.97. The average molecular weight is 340 g/mol. The lowest BCUT2D eigenvalue weighted by atomic mass is 9.98. The summed E-state index contributed by atoms with van der Waals surface area (Å²) in [6.45, 7) is 4.63. The van der Waals surface area contributed by atoms with Crippen LogP contribution in [0.1, 0.15) is 19.4 Å². The van der Waals surface area contributed by atoms with E-state index in [4.69, 9.17) is 0 Å². The van der Waals surface area contributed by atoms with E-state index in [0.29, 0.717) is 23.7 Å². The molecule has 0 aliphatic carbocycles. The van der Waals surface area contributed by atoms with Crippen LogP contribution in [0.3, 0.4) is 0 Å². The molecule has 0 saturated heterocycles. The van der Waals surface area contributed by atoms with Gasteiger partial charge in [-0.1, -0.05) is 35.8 Å². The molecular formula is C16H16BrF2N. The molecular weight excluding hydrogens is 324 g/mol. The number of hydrogen-bond acceptors (Lipinski definition) is 1. The summed E-state index contributed by atoms with van der Waals surface area (Å²) in [5.74, 6) is -0.725. The summed E-state index contributed by atoms with van der Waals surface area (Å²) in [6.07, 6.45) is 0. The molecule has 0 spiro atoms. The van der Waals surface area contributed by atoms with Gasteiger partial charge in [0.2, 0.25) is 0 Å². The summed E-state index contributed by atoms with van der Waals surface area (Å²) >= 11 is 3.32. The summed E-state index contributed by atoms with van der Waals surface area (Å²) in [5.41, 5.74) is 1.86. The third kappa shape index (κ3) is 3.64. The maximum absolute atomic E-state index is 14.0. The van der Waals surface area contributed by atoms with E-state index in [2.05, 4.69) is 21.2 Å². The fraction of sp³-hybridized carbons (Fsp3) is 0.250. The second kappa shape index (κ2) is 6.46. The van der Waals surface area contributed by atoms with E-state index in [1.165, 1.54) is 18.2 Å². The Hall–Kier alpha value is -1.26. The molecule has 0 aliphatic rings. The molecule has 2 rings (SSSR count). The van der Waals surface area contributed by atoms with Gasteiger partial charge in [-0.15, -0.1) is 0 Å². The van der Waals surface area contributed by atoms with Crippen molar-refractivity contribution in [3.8, 4) is 11.1 Å². The second-order valence-electron chi connectivity index (χ2n) is 4.96. The van der Waals surface area contributed by atoms with Gasteiger partial charge in [0.25, 0.3) is 0 Å². The van der Waals surface area contributed by atoms with Gasteiger partial charge >= 0.3 is 0 Å². The van der Waals surface area contributed by atoms with Crippen LogP contribution in [0.5, 0.6) is 0 Å². The number of hydrogen-bond donors (Lipinski definition) is 1. The zero-order chi connectivity index (χ0) is 14.7. The molecule has 2 aromatic rings. The van der Waals surface area contributed by atoms with Crippen molar-refractivity contribution in [1.29, 1.82) is 0 Å². The van der Waals surface area contributed by atoms with Crippen LogP contribution in [0, 0.1) is 11.6 Å². The lowest BCUT2D eigenvalue weighted by Crippen LogP contribution is -2.22. The van der Waals surface area contributed by atoms with Crippen molar-refractivity contribution in [3.05, 3.63) is 58.1 Å². The number of benzene rings is 2. The summed E-state index contributed by atoms with van der Waals surface area (Å²) < 4.78 is 28.3. The van der Waals surface area contributed by atoms with Crippen molar-refractivity contribution in [2.24, 2.45) is 0 Å². The standard InChI is InChI=1S/C16H16BrF2N/c1-10(2)20-9-11-3-5-13(18)8-14(11)15-7-12(17)4-6-16(15)19/h3-8,10,20H,9H2,1-2H3. The van der Waals surface area contributed by atoms with E-state index >= 15 is 0 Å². The molecule has 4 heteroatoms. The van der Waals surface area contributed by atoms with Crippen LogP contribution in [0.15, 0.2) is 40.9 Å². The van der Waals surface area contributed by atoms with Crippen molar-refractivity contribution in [3.63, 3.8) is 0 Å². The molecule has 0 atom stereocenters. The smallest absolute Gasteiger partial charge is 0.131 e. The SMILES string of the molecule is CC(C)NCc1ccc(F)cc1-c1cc(Br)ccc1F. The Morgan fingerprint density at radius 3 is 2.50 bits per heavy atom. The van der Waals surface area contributed by atoms with Gasteiger partial charge in [-0.25, -0.2) is 8.78 Å². The van der Waals surface area contributed by atoms with Crippen LogP contribution < -0.4 is 5.32 Å². The van der Waals surface area contributed by atoms with Gasteiger partial charge in [-0.3, -0.25) is 0 Å². The van der Waals surface area contributed by atoms with E-state index in [-0.39, 0.29) is 11.6 Å². The Morgan fingerprint density at radius 2 is 1.80 bits per heavy atom. The minimum atomic E-state index is -0.368. The first kappa shape index (κ1) is 15.1. The van der Waals surface area contributed by atoms with Gasteiger partial charge in [0.1, 0.15) is 11.6 Å². The van der Waals surface area contributed by atoms with E-state index < -0.39 is 0 Å². The number of rotatable bonds is 4. The number of nitrogens with one attached hydrogen (secondary N) is 1. The Balaban J connectivity index is 2.48. The normalized spacial score (nSPS) is 11.1. The second-order valence-corrected chi connectivity index (χ2v) is 5.88. The summed E-state index contributed by atoms with van der Waals surface area (Å²) in [6, 6.07) is 9.46. The summed E-state index contributed by atoms with van der Waals surface area (Å²) in [5, 5.41) is 3.27. The summed E-state index contributed by atoms with van der Waals surface area (Å²) in [7, 11) is 0. The fourth-order valence-corrected chi connectivity index (χ4v) is 2.33. The van der Waals surface area contributed by atoms with E-state index in [1.807, 2.05) is 13.8 Å². The van der Waals surface area contributed by atoms with Crippen LogP contribution in [0.2, 0.25) is 0 Å². The van der Waals surface area contributed by atoms with Crippen LogP contribution >= 0.6 is 15.9 Å². The molecule has 0 saturated carbocycles. The summed E-state index contributed by atoms with van der Waals surface area (Å²) in [4.78, 5) is 0. The van der Waals surface area contributed by atoms with Crippen molar-refractivity contribution in [2.75, 3.05) is 0 Å². The first-order valence-electron chi connectivity index (χ1n) is 6.44. The molecule has 0 unspecified atom stereocenters. The first-order chi connectivity index (χ1) is 9.47. The van der Waals surface area contributed by atoms with Gasteiger partial charge < -0.3 is 5.32 Å². The van der Waals surface area contributed by atoms with Crippen molar-refractivity contribution < 1.29 is 8.78 Å². The lowest BCUT2D eigenvalue weighted by molar-refractivity contribution is 0.586. The minimum absolute atomic E-state index is 0.306. The molecule has 0 amide bonds. The van der Waals surface area contributed by atoms with Gasteiger partial charge in [0.05, 0.1) is 0 Å². The Morgan fingerprint density at radius 1 is 1.05 bits per heavy atom. The molecule has 106 valence electrons. The highest BCUT2D eigenvalue weighted by molar-refractivity contribution is 9.10. The highest BCUT2D eigenvalue weighted by Crippen LogP contribution is 2.30. The zero-order valence-electron chi connectivity index (χ0n) is 11.4. The maximum Gasteiger partial charge on any atom is 0.131 e. The van der Waals surface area contributed by atoms with Crippen LogP contribution in [-0.2, 0) is 6.54 Å². The highest BCUT2D eigenvalue weighted by Gasteiger charge is 2.12. The Kier molecular flexibility index (Phi) is 4.89. The molecule has 1 N–H and O–H groups in total. The maximum atomic E-state index is 14.0. The molecule has 0 fully saturated rings. The van der Waals surface area contributed by atoms with Gasteiger partial charge in [-0.2, -0.15) is 0 Å². The number of halogens is 3. The molecule has 20 heavy (non-hydrogen) atoms. The largest absolute Gasteiger partial charge is 0.310 e. The predicted molar refractivity (Wildman–Crippen MR) is 81.5 cm³/mol. The van der Waals surface area contributed by atoms with Crippen molar-refractivity contribution in [1.82, 2.24) is 5.32 Å². The first-order valence-corrected chi connectivity index (χ1v) is 7.24. The molecule has 0 aliphatic heterocycles. The average Bonchev–Trinajstić information content (AvgIpc) is 2.40. The van der Waals surface area contributed by atoms with Crippen LogP contribution in [-0.4, -0.2) is 6.04 Å². The molecule has 0 radical (unpaired) electrons. The Bertz CT molecular complexity index is 611. The van der Waals surface area contributed by atoms with Gasteiger partial charge in [0, 0.05) is 22.6 Å². The van der Waals surface area contributed by atoms with E-state index in [1.54, 1.807) is 18.2 Å². The lowest BCUT2D eigenvalue weighted by Gasteiger charge is -2.14. The van der Waals surface area contributed by atoms with E-state index in [9.17, 15) is 8.78 Å². The molecule has 1 nitrogen and oxygen atoms in total. The molecule has 0 aromatic heterocycles. The quantitative estimate of drug-likeness (QED) is 0.835. The van der Waals surface area contributed by atoms with Crippen molar-refractivity contribution in [2.45, 2.75) is 26.4 Å². The minimum Gasteiger partial charge on any atom is -0.310 e. The highest BCUT2D eigenvalue weighted by atomic mass is 79.9. The van der Waals surface area contributed by atoms with Crippen molar-refractivity contribution >= 4 is 15.9 Å². The topological polar surface area (TPSA) is 12.0 Å². The van der Waals surface area contributed by atoms with E-state index in [0.717, 1.165) is 10.0 Å². The molecule has 2 aromatic carbocycles. The zero-order valence-corrected chi connectivity index (χ0v) is 13.0. The predicted octanol–water partition coefficient (Wildman–Crippen LogP) is 4.89. The third-order valence-corrected chi connectivity index (χ3v) is 3.48. The molecule has 0 bridgehead atoms. The molecule has 0 heterocycles. The van der Waals surface area contributed by atoms with Crippen LogP contribution in [0.4, 0.5) is 8.78 Å². The van der Waals surface area contributed by atoms with Gasteiger partial charge in [0.15, 0.2) is 0 Å². The Labute approximate surface area is 126 Å². The van der Waals surface area contributed by atoms with Gasteiger partial charge in [-0.05, 0) is 41.5 Å². The monoisotopic (exact) mass is 339 g/mol.